The minimum absolute atomic E-state index is 0.0441. The zero-order valence-corrected chi connectivity index (χ0v) is 21.3. The fraction of sp³-hybridized carbons (Fsp3) is 0.615. The Morgan fingerprint density at radius 2 is 2.03 bits per heavy atom. The summed E-state index contributed by atoms with van der Waals surface area (Å²) in [5.41, 5.74) is 0.540. The first-order valence-corrected chi connectivity index (χ1v) is 13.1. The molecule has 0 bridgehead atoms. The summed E-state index contributed by atoms with van der Waals surface area (Å²) >= 11 is 0. The van der Waals surface area contributed by atoms with Crippen LogP contribution in [0.1, 0.15) is 74.0 Å². The standard InChI is InChI=1S/C26H36N6O4/c1-16(2)14-30-23-19(8-9-20(33)31-13-5-11-26(31)10-4-12-27-15-26)17(3)29-32(23)25(36)21(24(30)35)22(34)28-18-6-7-18/h8-9,16,18,27,36H,4-7,10-15H2,1-3H3,(H,28,34)/b9-8+. The van der Waals surface area contributed by atoms with Crippen molar-refractivity contribution < 1.29 is 14.7 Å². The lowest BCUT2D eigenvalue weighted by molar-refractivity contribution is -0.130. The second-order valence-corrected chi connectivity index (χ2v) is 10.9. The number of rotatable bonds is 6. The van der Waals surface area contributed by atoms with Crippen LogP contribution < -0.4 is 16.2 Å². The molecule has 1 atom stereocenters. The van der Waals surface area contributed by atoms with Gasteiger partial charge in [-0.2, -0.15) is 9.61 Å². The number of aromatic hydroxyl groups is 1. The van der Waals surface area contributed by atoms with E-state index >= 15 is 0 Å². The van der Waals surface area contributed by atoms with Gasteiger partial charge in [0.25, 0.3) is 11.5 Å². The minimum Gasteiger partial charge on any atom is -0.492 e. The predicted octanol–water partition coefficient (Wildman–Crippen LogP) is 1.82. The number of carbonyl (C=O) groups excluding carboxylic acids is 2. The topological polar surface area (TPSA) is 121 Å². The molecule has 1 spiro atoms. The second-order valence-electron chi connectivity index (χ2n) is 10.9. The van der Waals surface area contributed by atoms with E-state index in [1.807, 2.05) is 18.7 Å². The van der Waals surface area contributed by atoms with Crippen molar-refractivity contribution in [1.29, 1.82) is 0 Å². The van der Waals surface area contributed by atoms with Crippen molar-refractivity contribution in [2.24, 2.45) is 5.92 Å². The highest BCUT2D eigenvalue weighted by Crippen LogP contribution is 2.35. The molecule has 1 aliphatic carbocycles. The maximum Gasteiger partial charge on any atom is 0.270 e. The highest BCUT2D eigenvalue weighted by Gasteiger charge is 2.43. The third-order valence-electron chi connectivity index (χ3n) is 7.61. The fourth-order valence-corrected chi connectivity index (χ4v) is 5.70. The van der Waals surface area contributed by atoms with E-state index in [9.17, 15) is 19.5 Å². The number of piperidine rings is 1. The van der Waals surface area contributed by atoms with E-state index in [1.54, 1.807) is 19.1 Å². The van der Waals surface area contributed by atoms with Crippen molar-refractivity contribution >= 4 is 23.5 Å². The van der Waals surface area contributed by atoms with E-state index in [-0.39, 0.29) is 29.0 Å². The van der Waals surface area contributed by atoms with Crippen LogP contribution in [0.3, 0.4) is 0 Å². The first kappa shape index (κ1) is 24.5. The monoisotopic (exact) mass is 496 g/mol. The lowest BCUT2D eigenvalue weighted by atomic mass is 9.87. The zero-order valence-electron chi connectivity index (χ0n) is 21.3. The average Bonchev–Trinajstić information content (AvgIpc) is 3.46. The van der Waals surface area contributed by atoms with Gasteiger partial charge in [-0.05, 0) is 64.0 Å². The number of hydrogen-bond donors (Lipinski definition) is 3. The molecule has 10 nitrogen and oxygen atoms in total. The number of aryl methyl sites for hydroxylation is 1. The summed E-state index contributed by atoms with van der Waals surface area (Å²) in [5, 5.41) is 21.7. The Morgan fingerprint density at radius 1 is 1.28 bits per heavy atom. The van der Waals surface area contributed by atoms with Gasteiger partial charge < -0.3 is 20.6 Å². The fourth-order valence-electron chi connectivity index (χ4n) is 5.70. The van der Waals surface area contributed by atoms with Crippen molar-refractivity contribution in [3.8, 4) is 5.88 Å². The molecule has 2 aromatic rings. The summed E-state index contributed by atoms with van der Waals surface area (Å²) in [5.74, 6) is -1.01. The number of nitrogens with one attached hydrogen (secondary N) is 2. The molecule has 2 saturated heterocycles. The van der Waals surface area contributed by atoms with Gasteiger partial charge in [-0.25, -0.2) is 0 Å². The Morgan fingerprint density at radius 3 is 2.69 bits per heavy atom. The number of carbonyl (C=O) groups is 2. The van der Waals surface area contributed by atoms with Crippen molar-refractivity contribution in [3.05, 3.63) is 33.3 Å². The SMILES string of the molecule is Cc1nn2c(O)c(C(=O)NC3CC3)c(=O)n(CC(C)C)c2c1/C=C/C(=O)N1CCCC12CCCNC2. The maximum atomic E-state index is 13.5. The van der Waals surface area contributed by atoms with Crippen LogP contribution in [0, 0.1) is 12.8 Å². The third-order valence-corrected chi connectivity index (χ3v) is 7.61. The van der Waals surface area contributed by atoms with Gasteiger partial charge in [0.05, 0.1) is 11.2 Å². The largest absolute Gasteiger partial charge is 0.492 e. The van der Waals surface area contributed by atoms with Crippen LogP contribution in [0.4, 0.5) is 0 Å². The molecule has 1 saturated carbocycles. The van der Waals surface area contributed by atoms with E-state index in [0.717, 1.165) is 58.2 Å². The van der Waals surface area contributed by atoms with Crippen molar-refractivity contribution in [2.45, 2.75) is 77.4 Å². The molecule has 36 heavy (non-hydrogen) atoms. The second kappa shape index (κ2) is 9.38. The summed E-state index contributed by atoms with van der Waals surface area (Å²) in [6.45, 7) is 8.60. The minimum atomic E-state index is -0.583. The summed E-state index contributed by atoms with van der Waals surface area (Å²) in [4.78, 5) is 41.6. The van der Waals surface area contributed by atoms with E-state index < -0.39 is 17.3 Å². The molecule has 0 aromatic carbocycles. The zero-order chi connectivity index (χ0) is 25.6. The predicted molar refractivity (Wildman–Crippen MR) is 136 cm³/mol. The van der Waals surface area contributed by atoms with E-state index in [2.05, 4.69) is 15.7 Å². The normalized spacial score (nSPS) is 22.4. The summed E-state index contributed by atoms with van der Waals surface area (Å²) in [6, 6.07) is 0.0441. The molecule has 2 amide bonds. The number of aromatic nitrogens is 3. The highest BCUT2D eigenvalue weighted by atomic mass is 16.3. The molecule has 0 radical (unpaired) electrons. The molecule has 3 aliphatic rings. The number of nitrogens with zero attached hydrogens (tertiary/aromatic N) is 4. The molecule has 194 valence electrons. The summed E-state index contributed by atoms with van der Waals surface area (Å²) < 4.78 is 2.76. The van der Waals surface area contributed by atoms with Gasteiger partial charge in [0, 0.05) is 37.3 Å². The Kier molecular flexibility index (Phi) is 6.40. The van der Waals surface area contributed by atoms with Gasteiger partial charge in [0.15, 0.2) is 5.56 Å². The maximum absolute atomic E-state index is 13.5. The van der Waals surface area contributed by atoms with Crippen molar-refractivity contribution in [3.63, 3.8) is 0 Å². The van der Waals surface area contributed by atoms with Crippen LogP contribution in [-0.2, 0) is 11.3 Å². The molecule has 2 aliphatic heterocycles. The molecule has 10 heteroatoms. The van der Waals surface area contributed by atoms with Crippen molar-refractivity contribution in [1.82, 2.24) is 29.7 Å². The Labute approximate surface area is 210 Å². The van der Waals surface area contributed by atoms with E-state index in [0.29, 0.717) is 23.4 Å². The van der Waals surface area contributed by atoms with E-state index in [4.69, 9.17) is 0 Å². The highest BCUT2D eigenvalue weighted by molar-refractivity contribution is 5.97. The average molecular weight is 497 g/mol. The molecule has 3 fully saturated rings. The Bertz CT molecular complexity index is 1280. The number of hydrogen-bond acceptors (Lipinski definition) is 6. The molecule has 2 aromatic heterocycles. The number of amides is 2. The van der Waals surface area contributed by atoms with Gasteiger partial charge >= 0.3 is 0 Å². The van der Waals surface area contributed by atoms with Crippen LogP contribution in [-0.4, -0.2) is 67.2 Å². The Balaban J connectivity index is 1.55. The lowest BCUT2D eigenvalue weighted by Gasteiger charge is -2.41. The van der Waals surface area contributed by atoms with Gasteiger partial charge in [0.2, 0.25) is 11.8 Å². The first-order chi connectivity index (χ1) is 17.2. The van der Waals surface area contributed by atoms with Crippen LogP contribution in [0.15, 0.2) is 10.9 Å². The van der Waals surface area contributed by atoms with Gasteiger partial charge in [-0.15, -0.1) is 0 Å². The molecule has 5 rings (SSSR count). The van der Waals surface area contributed by atoms with E-state index in [1.165, 1.54) is 9.08 Å². The van der Waals surface area contributed by atoms with Gasteiger partial charge in [-0.3, -0.25) is 19.0 Å². The van der Waals surface area contributed by atoms with Crippen molar-refractivity contribution in [2.75, 3.05) is 19.6 Å². The van der Waals surface area contributed by atoms with Crippen LogP contribution in [0.25, 0.3) is 11.7 Å². The molecule has 1 unspecified atom stereocenters. The number of likely N-dealkylation sites (tertiary alicyclic amines) is 1. The quantitative estimate of drug-likeness (QED) is 0.525. The van der Waals surface area contributed by atoms with Crippen LogP contribution in [0.2, 0.25) is 0 Å². The molecule has 3 N–H and O–H groups in total. The lowest BCUT2D eigenvalue weighted by Crippen LogP contribution is -2.55. The molecule has 4 heterocycles. The van der Waals surface area contributed by atoms with Gasteiger partial charge in [0.1, 0.15) is 5.65 Å². The summed E-state index contributed by atoms with van der Waals surface area (Å²) in [7, 11) is 0. The van der Waals surface area contributed by atoms with Crippen LogP contribution >= 0.6 is 0 Å². The molecular weight excluding hydrogens is 460 g/mol. The Hall–Kier alpha value is -3.14. The van der Waals surface area contributed by atoms with Crippen LogP contribution in [0.5, 0.6) is 5.88 Å². The van der Waals surface area contributed by atoms with Gasteiger partial charge in [-0.1, -0.05) is 13.8 Å². The summed E-state index contributed by atoms with van der Waals surface area (Å²) in [6.07, 6.45) is 9.04. The molecular formula is C26H36N6O4. The first-order valence-electron chi connectivity index (χ1n) is 13.1. The smallest absolute Gasteiger partial charge is 0.270 e. The third kappa shape index (κ3) is 4.31. The number of fused-ring (bicyclic) bond motifs is 1.